The number of hydrogen-bond donors (Lipinski definition) is 3. The number of carbonyl (C=O) groups is 1. The van der Waals surface area contributed by atoms with Crippen molar-refractivity contribution in [2.45, 2.75) is 328 Å². The summed E-state index contributed by atoms with van der Waals surface area (Å²) in [6.07, 6.45) is 72.8. The van der Waals surface area contributed by atoms with Crippen molar-refractivity contribution in [3.05, 3.63) is 36.5 Å². The number of nitrogens with zero attached hydrogens (tertiary/aromatic N) is 1. The number of amides is 1. The van der Waals surface area contributed by atoms with E-state index in [4.69, 9.17) is 9.05 Å². The Kier molecular flexibility index (Phi) is 54.5. The van der Waals surface area contributed by atoms with Gasteiger partial charge in [-0.1, -0.05) is 288 Å². The highest BCUT2D eigenvalue weighted by Crippen LogP contribution is 2.43. The van der Waals surface area contributed by atoms with Crippen LogP contribution < -0.4 is 5.32 Å². The number of rotatable bonds is 59. The molecule has 3 N–H and O–H groups in total. The van der Waals surface area contributed by atoms with Crippen LogP contribution in [0.25, 0.3) is 0 Å². The summed E-state index contributed by atoms with van der Waals surface area (Å²) in [6.45, 7) is 4.84. The highest BCUT2D eigenvalue weighted by atomic mass is 31.2. The zero-order valence-corrected chi connectivity index (χ0v) is 50.3. The summed E-state index contributed by atoms with van der Waals surface area (Å²) in [5, 5.41) is 13.9. The lowest BCUT2D eigenvalue weighted by Crippen LogP contribution is -2.45. The summed E-state index contributed by atoms with van der Waals surface area (Å²) >= 11 is 0. The maximum Gasteiger partial charge on any atom is 0.472 e. The van der Waals surface area contributed by atoms with Gasteiger partial charge in [0, 0.05) is 6.42 Å². The molecule has 0 aliphatic heterocycles. The molecular formula is C64H126N2O6P+. The van der Waals surface area contributed by atoms with E-state index in [0.717, 1.165) is 38.5 Å². The first kappa shape index (κ1) is 71.7. The van der Waals surface area contributed by atoms with Crippen LogP contribution in [0.2, 0.25) is 0 Å². The molecule has 0 radical (unpaired) electrons. The number of quaternary nitrogens is 1. The fourth-order valence-corrected chi connectivity index (χ4v) is 10.3. The summed E-state index contributed by atoms with van der Waals surface area (Å²) in [4.78, 5) is 23.3. The third-order valence-corrected chi connectivity index (χ3v) is 15.6. The average Bonchev–Trinajstić information content (AvgIpc) is 3.35. The molecule has 3 unspecified atom stereocenters. The van der Waals surface area contributed by atoms with Gasteiger partial charge in [0.15, 0.2) is 0 Å². The van der Waals surface area contributed by atoms with Gasteiger partial charge in [0.05, 0.1) is 39.9 Å². The van der Waals surface area contributed by atoms with Gasteiger partial charge in [0.1, 0.15) is 13.2 Å². The van der Waals surface area contributed by atoms with Crippen LogP contribution in [0.1, 0.15) is 316 Å². The lowest BCUT2D eigenvalue weighted by atomic mass is 10.0. The van der Waals surface area contributed by atoms with Crippen molar-refractivity contribution in [1.82, 2.24) is 5.32 Å². The number of allylic oxidation sites excluding steroid dienone is 5. The first-order valence-corrected chi connectivity index (χ1v) is 33.4. The van der Waals surface area contributed by atoms with E-state index in [0.29, 0.717) is 17.4 Å². The molecule has 0 heterocycles. The number of phosphoric ester groups is 1. The fourth-order valence-electron chi connectivity index (χ4n) is 9.59. The van der Waals surface area contributed by atoms with Crippen LogP contribution in [0, 0.1) is 0 Å². The third kappa shape index (κ3) is 58.2. The zero-order valence-electron chi connectivity index (χ0n) is 49.4. The van der Waals surface area contributed by atoms with E-state index in [1.54, 1.807) is 6.08 Å². The normalized spacial score (nSPS) is 14.0. The van der Waals surface area contributed by atoms with Gasteiger partial charge in [-0.15, -0.1) is 0 Å². The summed E-state index contributed by atoms with van der Waals surface area (Å²) < 4.78 is 23.7. The Balaban J connectivity index is 4.10. The SMILES string of the molecule is CCCCCCCCCCCCCC/C=C\CCCCCCCCCCCCCCCCCC(=O)NC(COP(=O)(O)OCC[N+](C)(C)C)C(O)/C=C/CC/C=C/CCCCCCCCCCCCCCCC. The standard InChI is InChI=1S/C64H125N2O6P/c1-6-8-10-12-14-16-18-20-22-24-26-28-29-30-31-32-33-34-35-36-37-38-40-42-44-46-48-50-52-54-56-58-64(68)65-62(61-72-73(69,70)71-60-59-66(3,4)5)63(67)57-55-53-51-49-47-45-43-41-39-27-25-23-21-19-17-15-13-11-9-7-2/h30-31,47,49,55,57,62-63,67H,6-29,32-46,48,50-54,56,58-61H2,1-5H3,(H-,65,68,69,70)/p+1/b31-30-,49-47+,57-55+. The Morgan fingerprint density at radius 1 is 0.452 bits per heavy atom. The fraction of sp³-hybridized carbons (Fsp3) is 0.891. The molecule has 0 saturated heterocycles. The van der Waals surface area contributed by atoms with Gasteiger partial charge in [0.25, 0.3) is 0 Å². The minimum Gasteiger partial charge on any atom is -0.387 e. The van der Waals surface area contributed by atoms with Crippen LogP contribution in [0.5, 0.6) is 0 Å². The van der Waals surface area contributed by atoms with E-state index in [2.05, 4.69) is 43.5 Å². The summed E-state index contributed by atoms with van der Waals surface area (Å²) in [5.74, 6) is -0.182. The molecule has 9 heteroatoms. The first-order chi connectivity index (χ1) is 35.5. The molecule has 73 heavy (non-hydrogen) atoms. The van der Waals surface area contributed by atoms with Crippen molar-refractivity contribution in [1.29, 1.82) is 0 Å². The van der Waals surface area contributed by atoms with Gasteiger partial charge in [-0.25, -0.2) is 4.57 Å². The first-order valence-electron chi connectivity index (χ1n) is 31.9. The predicted octanol–water partition coefficient (Wildman–Crippen LogP) is 19.7. The molecule has 0 rings (SSSR count). The van der Waals surface area contributed by atoms with Crippen molar-refractivity contribution in [3.63, 3.8) is 0 Å². The van der Waals surface area contributed by atoms with E-state index >= 15 is 0 Å². The summed E-state index contributed by atoms with van der Waals surface area (Å²) in [5.41, 5.74) is 0. The molecule has 0 spiro atoms. The van der Waals surface area contributed by atoms with Crippen molar-refractivity contribution >= 4 is 13.7 Å². The molecule has 0 aromatic heterocycles. The minimum absolute atomic E-state index is 0.0575. The average molecular weight is 1050 g/mol. The molecule has 8 nitrogen and oxygen atoms in total. The van der Waals surface area contributed by atoms with Crippen molar-refractivity contribution in [2.24, 2.45) is 0 Å². The number of aliphatic hydroxyl groups excluding tert-OH is 1. The Labute approximate surface area is 455 Å². The molecule has 0 bridgehead atoms. The second-order valence-electron chi connectivity index (χ2n) is 23.1. The molecule has 0 saturated carbocycles. The largest absolute Gasteiger partial charge is 0.472 e. The van der Waals surface area contributed by atoms with Crippen LogP contribution >= 0.6 is 7.82 Å². The number of hydrogen-bond acceptors (Lipinski definition) is 5. The van der Waals surface area contributed by atoms with Crippen molar-refractivity contribution in [2.75, 3.05) is 40.9 Å². The molecule has 0 aromatic rings. The van der Waals surface area contributed by atoms with Gasteiger partial charge in [-0.05, 0) is 57.8 Å². The smallest absolute Gasteiger partial charge is 0.387 e. The van der Waals surface area contributed by atoms with Gasteiger partial charge in [0.2, 0.25) is 5.91 Å². The van der Waals surface area contributed by atoms with Crippen LogP contribution in [-0.4, -0.2) is 73.4 Å². The minimum atomic E-state index is -4.36. The Bertz CT molecular complexity index is 1280. The van der Waals surface area contributed by atoms with Gasteiger partial charge in [-0.3, -0.25) is 13.8 Å². The van der Waals surface area contributed by atoms with E-state index in [-0.39, 0.29) is 19.1 Å². The number of unbranched alkanes of at least 4 members (excludes halogenated alkanes) is 42. The number of carbonyl (C=O) groups excluding carboxylic acids is 1. The van der Waals surface area contributed by atoms with E-state index < -0.39 is 20.0 Å². The number of phosphoric acid groups is 1. The zero-order chi connectivity index (χ0) is 53.5. The van der Waals surface area contributed by atoms with E-state index in [9.17, 15) is 19.4 Å². The quantitative estimate of drug-likeness (QED) is 0.0243. The molecule has 3 atom stereocenters. The predicted molar refractivity (Wildman–Crippen MR) is 318 cm³/mol. The molecular weight excluding hydrogens is 924 g/mol. The molecule has 1 amide bonds. The Morgan fingerprint density at radius 3 is 1.10 bits per heavy atom. The van der Waals surface area contributed by atoms with E-state index in [1.165, 1.54) is 257 Å². The second-order valence-corrected chi connectivity index (χ2v) is 24.6. The monoisotopic (exact) mass is 1050 g/mol. The summed E-state index contributed by atoms with van der Waals surface area (Å²) in [7, 11) is 1.57. The molecule has 0 aliphatic carbocycles. The van der Waals surface area contributed by atoms with Crippen molar-refractivity contribution < 1.29 is 32.9 Å². The molecule has 432 valence electrons. The van der Waals surface area contributed by atoms with Crippen molar-refractivity contribution in [3.8, 4) is 0 Å². The van der Waals surface area contributed by atoms with Crippen LogP contribution in [0.15, 0.2) is 36.5 Å². The lowest BCUT2D eigenvalue weighted by Gasteiger charge is -2.25. The highest BCUT2D eigenvalue weighted by molar-refractivity contribution is 7.47. The molecule has 0 aromatic carbocycles. The van der Waals surface area contributed by atoms with Crippen LogP contribution in [-0.2, 0) is 18.4 Å². The molecule has 0 fully saturated rings. The summed E-state index contributed by atoms with van der Waals surface area (Å²) in [6, 6.07) is -0.863. The Hall–Kier alpha value is -1.28. The Morgan fingerprint density at radius 2 is 0.753 bits per heavy atom. The third-order valence-electron chi connectivity index (χ3n) is 14.6. The number of likely N-dealkylation sites (N-methyl/N-ethyl adjacent to an activating group) is 1. The number of aliphatic hydroxyl groups is 1. The maximum absolute atomic E-state index is 13.0. The maximum atomic E-state index is 13.0. The second kappa shape index (κ2) is 55.5. The van der Waals surface area contributed by atoms with Crippen LogP contribution in [0.3, 0.4) is 0 Å². The lowest BCUT2D eigenvalue weighted by molar-refractivity contribution is -0.870. The van der Waals surface area contributed by atoms with Gasteiger partial charge >= 0.3 is 7.82 Å². The van der Waals surface area contributed by atoms with Gasteiger partial charge in [-0.2, -0.15) is 0 Å². The topological polar surface area (TPSA) is 105 Å². The number of nitrogens with one attached hydrogen (secondary N) is 1. The van der Waals surface area contributed by atoms with Gasteiger partial charge < -0.3 is 19.8 Å². The van der Waals surface area contributed by atoms with E-state index in [1.807, 2.05) is 27.2 Å². The highest BCUT2D eigenvalue weighted by Gasteiger charge is 2.27. The van der Waals surface area contributed by atoms with Crippen LogP contribution in [0.4, 0.5) is 0 Å². The molecule has 0 aliphatic rings.